The maximum Gasteiger partial charge on any atom is 0.244 e. The van der Waals surface area contributed by atoms with Gasteiger partial charge < -0.3 is 4.74 Å². The van der Waals surface area contributed by atoms with Crippen molar-refractivity contribution in [3.05, 3.63) is 61.5 Å². The van der Waals surface area contributed by atoms with E-state index < -0.39 is 0 Å². The topological polar surface area (TPSA) is 50.7 Å². The fourth-order valence-corrected chi connectivity index (χ4v) is 3.83. The van der Waals surface area contributed by atoms with Crippen molar-refractivity contribution < 1.29 is 9.53 Å². The second kappa shape index (κ2) is 8.44. The third kappa shape index (κ3) is 4.92. The smallest absolute Gasteiger partial charge is 0.244 e. The normalized spacial score (nSPS) is 10.9. The minimum atomic E-state index is -0.148. The van der Waals surface area contributed by atoms with Crippen LogP contribution in [0.4, 0.5) is 0 Å². The zero-order valence-electron chi connectivity index (χ0n) is 13.7. The van der Waals surface area contributed by atoms with Crippen molar-refractivity contribution in [2.75, 3.05) is 7.11 Å². The maximum atomic E-state index is 12.0. The number of methoxy groups -OCH3 is 1. The molecule has 1 amide bonds. The standard InChI is InChI=1S/C18H18Br2N2O2/c1-11-4-5-14(12(2)6-11)9-17(23)22-21-10-13-7-15(19)18(24-3)16(20)8-13/h4-8,10H,9H2,1-3H3,(H,22,23)/b21-10+. The van der Waals surface area contributed by atoms with E-state index in [1.165, 1.54) is 5.56 Å². The van der Waals surface area contributed by atoms with Crippen LogP contribution in [-0.4, -0.2) is 19.2 Å². The molecule has 4 nitrogen and oxygen atoms in total. The number of amides is 1. The molecule has 6 heteroatoms. The maximum absolute atomic E-state index is 12.0. The van der Waals surface area contributed by atoms with Crippen LogP contribution in [0.2, 0.25) is 0 Å². The molecule has 0 aliphatic rings. The van der Waals surface area contributed by atoms with Gasteiger partial charge in [-0.3, -0.25) is 4.79 Å². The van der Waals surface area contributed by atoms with Crippen molar-refractivity contribution in [2.45, 2.75) is 20.3 Å². The second-order valence-electron chi connectivity index (χ2n) is 5.42. The van der Waals surface area contributed by atoms with E-state index >= 15 is 0 Å². The molecule has 0 aromatic heterocycles. The molecule has 0 radical (unpaired) electrons. The summed E-state index contributed by atoms with van der Waals surface area (Å²) in [4.78, 5) is 12.0. The first kappa shape index (κ1) is 18.7. The lowest BCUT2D eigenvalue weighted by Gasteiger charge is -2.07. The number of aryl methyl sites for hydroxylation is 2. The molecule has 0 aliphatic carbocycles. The van der Waals surface area contributed by atoms with Crippen molar-refractivity contribution in [1.29, 1.82) is 0 Å². The minimum Gasteiger partial charge on any atom is -0.494 e. The Morgan fingerprint density at radius 3 is 2.46 bits per heavy atom. The van der Waals surface area contributed by atoms with Crippen LogP contribution in [0.15, 0.2) is 44.4 Å². The molecule has 1 N–H and O–H groups in total. The number of halogens is 2. The minimum absolute atomic E-state index is 0.148. The monoisotopic (exact) mass is 452 g/mol. The molecular formula is C18H18Br2N2O2. The number of ether oxygens (including phenoxy) is 1. The first-order valence-corrected chi connectivity index (χ1v) is 8.90. The van der Waals surface area contributed by atoms with Gasteiger partial charge in [0.2, 0.25) is 5.91 Å². The van der Waals surface area contributed by atoms with Gasteiger partial charge in [0.25, 0.3) is 0 Å². The molecule has 0 fully saturated rings. The summed E-state index contributed by atoms with van der Waals surface area (Å²) in [5.74, 6) is 0.566. The van der Waals surface area contributed by atoms with Crippen LogP contribution in [0.5, 0.6) is 5.75 Å². The van der Waals surface area contributed by atoms with Crippen LogP contribution < -0.4 is 10.2 Å². The number of nitrogens with zero attached hydrogens (tertiary/aromatic N) is 1. The summed E-state index contributed by atoms with van der Waals surface area (Å²) in [7, 11) is 1.60. The highest BCUT2D eigenvalue weighted by atomic mass is 79.9. The van der Waals surface area contributed by atoms with Crippen molar-refractivity contribution in [3.63, 3.8) is 0 Å². The fourth-order valence-electron chi connectivity index (χ4n) is 2.28. The lowest BCUT2D eigenvalue weighted by Crippen LogP contribution is -2.20. The van der Waals surface area contributed by atoms with Gasteiger partial charge in [0, 0.05) is 0 Å². The van der Waals surface area contributed by atoms with Gasteiger partial charge in [-0.2, -0.15) is 5.10 Å². The third-order valence-electron chi connectivity index (χ3n) is 3.48. The number of benzene rings is 2. The molecule has 0 spiro atoms. The molecule has 2 rings (SSSR count). The predicted molar refractivity (Wildman–Crippen MR) is 104 cm³/mol. The van der Waals surface area contributed by atoms with E-state index in [9.17, 15) is 4.79 Å². The average molecular weight is 454 g/mol. The molecule has 0 aliphatic heterocycles. The highest BCUT2D eigenvalue weighted by Gasteiger charge is 2.07. The molecule has 0 saturated heterocycles. The SMILES string of the molecule is COc1c(Br)cc(/C=N/NC(=O)Cc2ccc(C)cc2C)cc1Br. The first-order valence-electron chi connectivity index (χ1n) is 7.31. The van der Waals surface area contributed by atoms with Gasteiger partial charge in [0.05, 0.1) is 28.7 Å². The Labute approximate surface area is 158 Å². The summed E-state index contributed by atoms with van der Waals surface area (Å²) in [6.07, 6.45) is 1.90. The number of carbonyl (C=O) groups excluding carboxylic acids is 1. The average Bonchev–Trinajstić information content (AvgIpc) is 2.50. The number of rotatable bonds is 5. The van der Waals surface area contributed by atoms with Gasteiger partial charge in [0.1, 0.15) is 5.75 Å². The van der Waals surface area contributed by atoms with E-state index in [4.69, 9.17) is 4.74 Å². The Hall–Kier alpha value is -1.66. The van der Waals surface area contributed by atoms with E-state index in [0.29, 0.717) is 12.2 Å². The second-order valence-corrected chi connectivity index (χ2v) is 7.13. The van der Waals surface area contributed by atoms with E-state index in [2.05, 4.69) is 48.5 Å². The molecular weight excluding hydrogens is 436 g/mol. The quantitative estimate of drug-likeness (QED) is 0.534. The summed E-state index contributed by atoms with van der Waals surface area (Å²) >= 11 is 6.87. The lowest BCUT2D eigenvalue weighted by molar-refractivity contribution is -0.120. The van der Waals surface area contributed by atoms with Gasteiger partial charge in [-0.1, -0.05) is 23.8 Å². The Balaban J connectivity index is 2.00. The molecule has 0 bridgehead atoms. The van der Waals surface area contributed by atoms with Crippen LogP contribution in [0.1, 0.15) is 22.3 Å². The molecule has 0 atom stereocenters. The fraction of sp³-hybridized carbons (Fsp3) is 0.222. The number of hydrogen-bond acceptors (Lipinski definition) is 3. The molecule has 0 saturated carbocycles. The van der Waals surface area contributed by atoms with Crippen LogP contribution in [-0.2, 0) is 11.2 Å². The molecule has 0 unspecified atom stereocenters. The van der Waals surface area contributed by atoms with Crippen LogP contribution in [0.25, 0.3) is 0 Å². The van der Waals surface area contributed by atoms with Crippen molar-refractivity contribution in [1.82, 2.24) is 5.43 Å². The van der Waals surface area contributed by atoms with Crippen LogP contribution in [0, 0.1) is 13.8 Å². The van der Waals surface area contributed by atoms with E-state index in [-0.39, 0.29) is 5.91 Å². The molecule has 126 valence electrons. The van der Waals surface area contributed by atoms with Gasteiger partial charge in [-0.05, 0) is 74.5 Å². The Morgan fingerprint density at radius 2 is 1.88 bits per heavy atom. The molecule has 2 aromatic rings. The van der Waals surface area contributed by atoms with E-state index in [0.717, 1.165) is 25.6 Å². The zero-order chi connectivity index (χ0) is 17.7. The van der Waals surface area contributed by atoms with Crippen LogP contribution in [0.3, 0.4) is 0 Å². The highest BCUT2D eigenvalue weighted by Crippen LogP contribution is 2.33. The Bertz CT molecular complexity index is 766. The van der Waals surface area contributed by atoms with Crippen molar-refractivity contribution in [3.8, 4) is 5.75 Å². The van der Waals surface area contributed by atoms with Gasteiger partial charge in [-0.15, -0.1) is 0 Å². The number of hydrogen-bond donors (Lipinski definition) is 1. The van der Waals surface area contributed by atoms with Gasteiger partial charge >= 0.3 is 0 Å². The molecule has 24 heavy (non-hydrogen) atoms. The van der Waals surface area contributed by atoms with Crippen molar-refractivity contribution in [2.24, 2.45) is 5.10 Å². The summed E-state index contributed by atoms with van der Waals surface area (Å²) < 4.78 is 6.87. The summed E-state index contributed by atoms with van der Waals surface area (Å²) in [6, 6.07) is 9.78. The van der Waals surface area contributed by atoms with Gasteiger partial charge in [0.15, 0.2) is 0 Å². The lowest BCUT2D eigenvalue weighted by atomic mass is 10.0. The molecule has 0 heterocycles. The van der Waals surface area contributed by atoms with E-state index in [1.54, 1.807) is 13.3 Å². The summed E-state index contributed by atoms with van der Waals surface area (Å²) in [5, 5.41) is 4.02. The summed E-state index contributed by atoms with van der Waals surface area (Å²) in [6.45, 7) is 4.04. The molecule has 2 aromatic carbocycles. The Morgan fingerprint density at radius 1 is 1.21 bits per heavy atom. The Kier molecular flexibility index (Phi) is 6.57. The zero-order valence-corrected chi connectivity index (χ0v) is 16.9. The highest BCUT2D eigenvalue weighted by molar-refractivity contribution is 9.11. The van der Waals surface area contributed by atoms with E-state index in [1.807, 2.05) is 38.1 Å². The predicted octanol–water partition coefficient (Wildman–Crippen LogP) is 4.53. The first-order chi connectivity index (χ1) is 11.4. The van der Waals surface area contributed by atoms with Crippen molar-refractivity contribution >= 4 is 44.0 Å². The number of hydrazone groups is 1. The number of nitrogens with one attached hydrogen (secondary N) is 1. The largest absolute Gasteiger partial charge is 0.494 e. The van der Waals surface area contributed by atoms with Gasteiger partial charge in [-0.25, -0.2) is 5.43 Å². The third-order valence-corrected chi connectivity index (χ3v) is 4.65. The number of carbonyl (C=O) groups is 1. The van der Waals surface area contributed by atoms with Crippen LogP contribution >= 0.6 is 31.9 Å². The summed E-state index contributed by atoms with van der Waals surface area (Å²) in [5.41, 5.74) is 6.69.